The van der Waals surface area contributed by atoms with Gasteiger partial charge in [-0.1, -0.05) is 0 Å². The summed E-state index contributed by atoms with van der Waals surface area (Å²) in [7, 11) is 0. The number of rotatable bonds is 3. The Morgan fingerprint density at radius 2 is 2.25 bits per heavy atom. The van der Waals surface area contributed by atoms with Crippen molar-refractivity contribution in [1.82, 2.24) is 19.7 Å². The van der Waals surface area contributed by atoms with Crippen LogP contribution in [0, 0.1) is 10.7 Å². The molecule has 2 rings (SSSR count). The minimum atomic E-state index is -0.131. The number of aromatic nitrogens is 3. The Balaban J connectivity index is 2.03. The quantitative estimate of drug-likeness (QED) is 0.776. The molecular weight excluding hydrogens is 224 g/mol. The van der Waals surface area contributed by atoms with Crippen LogP contribution in [-0.4, -0.2) is 38.8 Å². The van der Waals surface area contributed by atoms with Gasteiger partial charge in [-0.05, 0) is 44.9 Å². The van der Waals surface area contributed by atoms with Crippen molar-refractivity contribution < 1.29 is 0 Å². The second kappa shape index (κ2) is 4.55. The van der Waals surface area contributed by atoms with Crippen molar-refractivity contribution in [2.24, 2.45) is 5.92 Å². The molecule has 2 N–H and O–H groups in total. The Morgan fingerprint density at radius 1 is 1.50 bits per heavy atom. The number of hydrogen-bond acceptors (Lipinski definition) is 3. The molecule has 6 heteroatoms. The number of H-pyrrole nitrogens is 2. The molecule has 0 amide bonds. The lowest BCUT2D eigenvalue weighted by Crippen LogP contribution is -2.29. The van der Waals surface area contributed by atoms with Gasteiger partial charge in [-0.25, -0.2) is 9.89 Å². The summed E-state index contributed by atoms with van der Waals surface area (Å²) in [5.41, 5.74) is -0.131. The van der Waals surface area contributed by atoms with Gasteiger partial charge in [0.15, 0.2) is 4.77 Å². The van der Waals surface area contributed by atoms with E-state index in [1.54, 1.807) is 4.57 Å². The molecule has 0 aliphatic carbocycles. The molecule has 1 fully saturated rings. The highest BCUT2D eigenvalue weighted by atomic mass is 32.1. The normalized spacial score (nSPS) is 22.1. The van der Waals surface area contributed by atoms with Crippen molar-refractivity contribution in [1.29, 1.82) is 0 Å². The third-order valence-electron chi connectivity index (χ3n) is 3.26. The molecule has 1 aliphatic heterocycles. The minimum absolute atomic E-state index is 0.131. The Hall–Kier alpha value is -0.880. The summed E-state index contributed by atoms with van der Waals surface area (Å²) in [5.74, 6) is 0.533. The first-order chi connectivity index (χ1) is 7.58. The zero-order valence-corrected chi connectivity index (χ0v) is 10.5. The Morgan fingerprint density at radius 3 is 2.75 bits per heavy atom. The molecule has 0 radical (unpaired) electrons. The van der Waals surface area contributed by atoms with E-state index in [4.69, 9.17) is 12.2 Å². The van der Waals surface area contributed by atoms with Crippen LogP contribution in [0.25, 0.3) is 0 Å². The summed E-state index contributed by atoms with van der Waals surface area (Å²) in [6.07, 6.45) is 1.14. The number of aromatic amines is 2. The first-order valence-corrected chi connectivity index (χ1v) is 6.10. The molecule has 0 spiro atoms. The molecule has 0 bridgehead atoms. The van der Waals surface area contributed by atoms with Gasteiger partial charge in [0.25, 0.3) is 0 Å². The standard InChI is InChI=1S/C10H18N4OS/c1-7(2)13-4-3-8(5-13)6-14-9(15)11-12-10(14)16/h7-8H,3-6H2,1-2H3,(H,11,15)(H,12,16). The van der Waals surface area contributed by atoms with E-state index in [0.29, 0.717) is 16.7 Å². The van der Waals surface area contributed by atoms with E-state index in [1.807, 2.05) is 0 Å². The van der Waals surface area contributed by atoms with Crippen molar-refractivity contribution >= 4 is 12.2 Å². The third-order valence-corrected chi connectivity index (χ3v) is 3.58. The Bertz CT molecular complexity index is 430. The zero-order valence-electron chi connectivity index (χ0n) is 9.69. The molecule has 0 saturated carbocycles. The lowest BCUT2D eigenvalue weighted by atomic mass is 10.1. The fraction of sp³-hybridized carbons (Fsp3) is 0.800. The largest absolute Gasteiger partial charge is 0.342 e. The molecule has 16 heavy (non-hydrogen) atoms. The van der Waals surface area contributed by atoms with Gasteiger partial charge in [-0.3, -0.25) is 9.67 Å². The Labute approximate surface area is 99.5 Å². The van der Waals surface area contributed by atoms with Gasteiger partial charge in [-0.15, -0.1) is 0 Å². The maximum atomic E-state index is 11.4. The van der Waals surface area contributed by atoms with Crippen molar-refractivity contribution in [2.45, 2.75) is 32.9 Å². The highest BCUT2D eigenvalue weighted by Gasteiger charge is 2.24. The van der Waals surface area contributed by atoms with Crippen LogP contribution in [0.15, 0.2) is 4.79 Å². The number of hydrogen-bond donors (Lipinski definition) is 2. The molecule has 1 aromatic heterocycles. The van der Waals surface area contributed by atoms with E-state index >= 15 is 0 Å². The van der Waals surface area contributed by atoms with Crippen molar-refractivity contribution in [3.05, 3.63) is 15.3 Å². The van der Waals surface area contributed by atoms with E-state index in [2.05, 4.69) is 28.9 Å². The van der Waals surface area contributed by atoms with E-state index < -0.39 is 0 Å². The molecule has 1 aliphatic rings. The summed E-state index contributed by atoms with van der Waals surface area (Å²) in [6.45, 7) is 7.32. The molecule has 0 aromatic carbocycles. The van der Waals surface area contributed by atoms with Crippen LogP contribution < -0.4 is 5.69 Å². The predicted molar refractivity (Wildman–Crippen MR) is 65.1 cm³/mol. The van der Waals surface area contributed by atoms with E-state index in [-0.39, 0.29) is 5.69 Å². The number of nitrogens with one attached hydrogen (secondary N) is 2. The van der Waals surface area contributed by atoms with Gasteiger partial charge in [0.2, 0.25) is 0 Å². The lowest BCUT2D eigenvalue weighted by molar-refractivity contribution is 0.260. The van der Waals surface area contributed by atoms with E-state index in [0.717, 1.165) is 26.1 Å². The van der Waals surface area contributed by atoms with Crippen molar-refractivity contribution in [2.75, 3.05) is 13.1 Å². The zero-order chi connectivity index (χ0) is 11.7. The summed E-state index contributed by atoms with van der Waals surface area (Å²) in [6, 6.07) is 0.586. The van der Waals surface area contributed by atoms with Crippen LogP contribution in [-0.2, 0) is 6.54 Å². The second-order valence-corrected chi connectivity index (χ2v) is 5.10. The topological polar surface area (TPSA) is 56.8 Å². The monoisotopic (exact) mass is 242 g/mol. The minimum Gasteiger partial charge on any atom is -0.301 e. The molecule has 1 atom stereocenters. The van der Waals surface area contributed by atoms with Gasteiger partial charge in [0, 0.05) is 19.1 Å². The van der Waals surface area contributed by atoms with Crippen LogP contribution in [0.2, 0.25) is 0 Å². The van der Waals surface area contributed by atoms with Crippen molar-refractivity contribution in [3.63, 3.8) is 0 Å². The molecular formula is C10H18N4OS. The van der Waals surface area contributed by atoms with Crippen molar-refractivity contribution in [3.8, 4) is 0 Å². The highest BCUT2D eigenvalue weighted by molar-refractivity contribution is 7.71. The maximum absolute atomic E-state index is 11.4. The first-order valence-electron chi connectivity index (χ1n) is 5.69. The average Bonchev–Trinajstić information content (AvgIpc) is 2.80. The van der Waals surface area contributed by atoms with Crippen LogP contribution in [0.5, 0.6) is 0 Å². The maximum Gasteiger partial charge on any atom is 0.342 e. The summed E-state index contributed by atoms with van der Waals surface area (Å²) < 4.78 is 2.11. The molecule has 5 nitrogen and oxygen atoms in total. The highest BCUT2D eigenvalue weighted by Crippen LogP contribution is 2.19. The van der Waals surface area contributed by atoms with Gasteiger partial charge in [0.05, 0.1) is 0 Å². The molecule has 1 saturated heterocycles. The number of nitrogens with zero attached hydrogens (tertiary/aromatic N) is 2. The predicted octanol–water partition coefficient (Wildman–Crippen LogP) is 0.964. The van der Waals surface area contributed by atoms with Gasteiger partial charge in [0.1, 0.15) is 0 Å². The fourth-order valence-corrected chi connectivity index (χ4v) is 2.45. The average molecular weight is 242 g/mol. The van der Waals surface area contributed by atoms with Gasteiger partial charge >= 0.3 is 5.69 Å². The SMILES string of the molecule is CC(C)N1CCC(Cn2c(=O)[nH][nH]c2=S)C1. The van der Waals surface area contributed by atoms with Crippen LogP contribution in [0.4, 0.5) is 0 Å². The van der Waals surface area contributed by atoms with Crippen LogP contribution >= 0.6 is 12.2 Å². The van der Waals surface area contributed by atoms with Gasteiger partial charge < -0.3 is 4.90 Å². The molecule has 90 valence electrons. The molecule has 2 heterocycles. The smallest absolute Gasteiger partial charge is 0.301 e. The van der Waals surface area contributed by atoms with E-state index in [9.17, 15) is 4.79 Å². The Kier molecular flexibility index (Phi) is 3.30. The summed E-state index contributed by atoms with van der Waals surface area (Å²) in [4.78, 5) is 13.9. The van der Waals surface area contributed by atoms with Crippen LogP contribution in [0.3, 0.4) is 0 Å². The summed E-state index contributed by atoms with van der Waals surface area (Å²) in [5, 5.41) is 5.18. The fourth-order valence-electron chi connectivity index (χ4n) is 2.24. The second-order valence-electron chi connectivity index (χ2n) is 4.71. The number of likely N-dealkylation sites (tertiary alicyclic amines) is 1. The third kappa shape index (κ3) is 2.27. The summed E-state index contributed by atoms with van der Waals surface area (Å²) >= 11 is 5.05. The van der Waals surface area contributed by atoms with E-state index in [1.165, 1.54) is 0 Å². The van der Waals surface area contributed by atoms with Crippen LogP contribution in [0.1, 0.15) is 20.3 Å². The molecule has 1 unspecified atom stereocenters. The lowest BCUT2D eigenvalue weighted by Gasteiger charge is -2.20. The van der Waals surface area contributed by atoms with Gasteiger partial charge in [-0.2, -0.15) is 0 Å². The molecule has 1 aromatic rings. The first kappa shape index (κ1) is 11.6.